The standard InChI is InChI=1S/C16H13ClF2N4OS/c1-3-10-11-12(24-13(10)16(18,19)8(2)20)14(23-15(17)22-11)21-7-9-5-4-6-25-9/h1,4-6,8H,7,20H2,2H3,(H,21,22,23)/t8-/m0/s1. The minimum absolute atomic E-state index is 0.0178. The van der Waals surface area contributed by atoms with Crippen molar-refractivity contribution in [3.8, 4) is 12.3 Å². The van der Waals surface area contributed by atoms with Gasteiger partial charge in [-0.2, -0.15) is 13.8 Å². The lowest BCUT2D eigenvalue weighted by atomic mass is 10.1. The maximum Gasteiger partial charge on any atom is 0.320 e. The Morgan fingerprint density at radius 1 is 1.52 bits per heavy atom. The van der Waals surface area contributed by atoms with Gasteiger partial charge in [0.25, 0.3) is 0 Å². The van der Waals surface area contributed by atoms with Crippen molar-refractivity contribution in [2.24, 2.45) is 5.73 Å². The fraction of sp³-hybridized carbons (Fsp3) is 0.250. The summed E-state index contributed by atoms with van der Waals surface area (Å²) in [6.45, 7) is 1.59. The highest BCUT2D eigenvalue weighted by molar-refractivity contribution is 7.09. The molecule has 0 saturated heterocycles. The summed E-state index contributed by atoms with van der Waals surface area (Å²) in [5.74, 6) is -1.78. The summed E-state index contributed by atoms with van der Waals surface area (Å²) in [5, 5.41) is 4.80. The van der Waals surface area contributed by atoms with Crippen molar-refractivity contribution in [2.75, 3.05) is 5.32 Å². The summed E-state index contributed by atoms with van der Waals surface area (Å²) in [4.78, 5) is 9.00. The van der Waals surface area contributed by atoms with Crippen LogP contribution < -0.4 is 11.1 Å². The summed E-state index contributed by atoms with van der Waals surface area (Å²) >= 11 is 7.45. The molecule has 3 rings (SSSR count). The molecular formula is C16H13ClF2N4OS. The lowest BCUT2D eigenvalue weighted by Crippen LogP contribution is -2.36. The first-order chi connectivity index (χ1) is 11.8. The highest BCUT2D eigenvalue weighted by Gasteiger charge is 2.43. The molecule has 0 aromatic carbocycles. The molecule has 0 spiro atoms. The highest BCUT2D eigenvalue weighted by atomic mass is 35.5. The number of alkyl halides is 2. The van der Waals surface area contributed by atoms with Crippen LogP contribution >= 0.6 is 22.9 Å². The predicted octanol–water partition coefficient (Wildman–Crippen LogP) is 3.97. The van der Waals surface area contributed by atoms with Crippen molar-refractivity contribution in [3.05, 3.63) is 39.0 Å². The number of nitrogens with two attached hydrogens (primary N) is 1. The quantitative estimate of drug-likeness (QED) is 0.515. The molecule has 9 heteroatoms. The van der Waals surface area contributed by atoms with Crippen LogP contribution in [0.2, 0.25) is 5.28 Å². The van der Waals surface area contributed by atoms with Gasteiger partial charge < -0.3 is 15.5 Å². The number of rotatable bonds is 5. The van der Waals surface area contributed by atoms with E-state index in [-0.39, 0.29) is 27.8 Å². The van der Waals surface area contributed by atoms with Crippen LogP contribution in [0.15, 0.2) is 21.9 Å². The van der Waals surface area contributed by atoms with Gasteiger partial charge in [0.15, 0.2) is 17.2 Å². The molecular weight excluding hydrogens is 370 g/mol. The van der Waals surface area contributed by atoms with Crippen molar-refractivity contribution in [1.82, 2.24) is 9.97 Å². The first-order valence-electron chi connectivity index (χ1n) is 7.21. The van der Waals surface area contributed by atoms with Gasteiger partial charge in [-0.05, 0) is 30.0 Å². The molecule has 5 nitrogen and oxygen atoms in total. The minimum Gasteiger partial charge on any atom is -0.448 e. The van der Waals surface area contributed by atoms with E-state index in [2.05, 4.69) is 21.2 Å². The molecule has 0 aliphatic rings. The first-order valence-corrected chi connectivity index (χ1v) is 8.47. The van der Waals surface area contributed by atoms with Crippen LogP contribution in [-0.4, -0.2) is 16.0 Å². The Bertz CT molecular complexity index is 947. The lowest BCUT2D eigenvalue weighted by Gasteiger charge is -2.17. The zero-order chi connectivity index (χ0) is 18.2. The monoisotopic (exact) mass is 382 g/mol. The molecule has 0 amide bonds. The van der Waals surface area contributed by atoms with E-state index >= 15 is 0 Å². The molecule has 0 saturated carbocycles. The molecule has 0 aliphatic heterocycles. The Kier molecular flexibility index (Phi) is 4.64. The van der Waals surface area contributed by atoms with Crippen LogP contribution in [0.25, 0.3) is 11.1 Å². The molecule has 0 radical (unpaired) electrons. The van der Waals surface area contributed by atoms with Crippen LogP contribution in [0.5, 0.6) is 0 Å². The molecule has 3 heterocycles. The van der Waals surface area contributed by atoms with Gasteiger partial charge in [-0.25, -0.2) is 4.98 Å². The third-order valence-corrected chi connectivity index (χ3v) is 4.58. The Morgan fingerprint density at radius 3 is 2.88 bits per heavy atom. The largest absolute Gasteiger partial charge is 0.448 e. The van der Waals surface area contributed by atoms with Crippen LogP contribution in [0.1, 0.15) is 23.1 Å². The Balaban J connectivity index is 2.13. The summed E-state index contributed by atoms with van der Waals surface area (Å²) in [7, 11) is 0. The second-order valence-corrected chi connectivity index (χ2v) is 6.68. The number of hydrogen-bond acceptors (Lipinski definition) is 6. The van der Waals surface area contributed by atoms with E-state index in [1.807, 2.05) is 17.5 Å². The first kappa shape index (κ1) is 17.6. The predicted molar refractivity (Wildman–Crippen MR) is 93.9 cm³/mol. The molecule has 1 atom stereocenters. The molecule has 0 unspecified atom stereocenters. The molecule has 130 valence electrons. The van der Waals surface area contributed by atoms with Crippen molar-refractivity contribution < 1.29 is 13.2 Å². The van der Waals surface area contributed by atoms with Gasteiger partial charge in [-0.3, -0.25) is 0 Å². The number of nitrogens with zero attached hydrogens (tertiary/aromatic N) is 2. The zero-order valence-corrected chi connectivity index (χ0v) is 14.6. The average molecular weight is 383 g/mol. The third kappa shape index (κ3) is 3.18. The highest BCUT2D eigenvalue weighted by Crippen LogP contribution is 2.39. The van der Waals surface area contributed by atoms with Gasteiger partial charge in [0.05, 0.1) is 18.2 Å². The second kappa shape index (κ2) is 6.59. The van der Waals surface area contributed by atoms with Gasteiger partial charge in [0, 0.05) is 4.88 Å². The Morgan fingerprint density at radius 2 is 2.28 bits per heavy atom. The number of aromatic nitrogens is 2. The number of nitrogens with one attached hydrogen (secondary N) is 1. The summed E-state index contributed by atoms with van der Waals surface area (Å²) in [6.07, 6.45) is 5.40. The number of thiophene rings is 1. The number of fused-ring (bicyclic) bond motifs is 1. The van der Waals surface area contributed by atoms with Crippen LogP contribution in [0.3, 0.4) is 0 Å². The summed E-state index contributed by atoms with van der Waals surface area (Å²) < 4.78 is 34.1. The number of furan rings is 1. The van der Waals surface area contributed by atoms with Gasteiger partial charge in [-0.15, -0.1) is 17.8 Å². The average Bonchev–Trinajstić information content (AvgIpc) is 3.19. The molecule has 0 aliphatic carbocycles. The molecule has 25 heavy (non-hydrogen) atoms. The summed E-state index contributed by atoms with van der Waals surface area (Å²) in [5.41, 5.74) is 5.27. The van der Waals surface area contributed by atoms with E-state index in [0.717, 1.165) is 4.88 Å². The van der Waals surface area contributed by atoms with Gasteiger partial charge in [0.1, 0.15) is 5.52 Å². The smallest absolute Gasteiger partial charge is 0.320 e. The Labute approximate surface area is 151 Å². The van der Waals surface area contributed by atoms with E-state index in [4.69, 9.17) is 28.2 Å². The zero-order valence-electron chi connectivity index (χ0n) is 13.0. The maximum atomic E-state index is 14.4. The topological polar surface area (TPSA) is 77.0 Å². The van der Waals surface area contributed by atoms with E-state index in [1.165, 1.54) is 18.3 Å². The van der Waals surface area contributed by atoms with E-state index < -0.39 is 17.7 Å². The van der Waals surface area contributed by atoms with E-state index in [0.29, 0.717) is 6.54 Å². The normalized spacial score (nSPS) is 13.0. The summed E-state index contributed by atoms with van der Waals surface area (Å²) in [6, 6.07) is 2.32. The molecule has 0 bridgehead atoms. The van der Waals surface area contributed by atoms with Crippen molar-refractivity contribution in [2.45, 2.75) is 25.4 Å². The fourth-order valence-corrected chi connectivity index (χ4v) is 3.04. The van der Waals surface area contributed by atoms with Crippen molar-refractivity contribution in [3.63, 3.8) is 0 Å². The van der Waals surface area contributed by atoms with Crippen LogP contribution in [-0.2, 0) is 12.5 Å². The number of anilines is 1. The third-order valence-electron chi connectivity index (χ3n) is 3.54. The molecule has 3 aromatic heterocycles. The lowest BCUT2D eigenvalue weighted by molar-refractivity contribution is -0.0446. The van der Waals surface area contributed by atoms with Crippen LogP contribution in [0, 0.1) is 12.3 Å². The van der Waals surface area contributed by atoms with Gasteiger partial charge >= 0.3 is 5.92 Å². The SMILES string of the molecule is C#Cc1c(C(F)(F)[C@H](C)N)oc2c(NCc3cccs3)nc(Cl)nc12. The fourth-order valence-electron chi connectivity index (χ4n) is 2.23. The number of halogens is 3. The number of hydrogen-bond donors (Lipinski definition) is 2. The molecule has 3 aromatic rings. The van der Waals surface area contributed by atoms with Gasteiger partial charge in [-0.1, -0.05) is 12.0 Å². The molecule has 3 N–H and O–H groups in total. The maximum absolute atomic E-state index is 14.4. The van der Waals surface area contributed by atoms with Crippen molar-refractivity contribution >= 4 is 39.9 Å². The van der Waals surface area contributed by atoms with E-state index in [9.17, 15) is 8.78 Å². The number of terminal acetylenes is 1. The minimum atomic E-state index is -3.46. The van der Waals surface area contributed by atoms with Gasteiger partial charge in [0.2, 0.25) is 5.28 Å². The van der Waals surface area contributed by atoms with E-state index in [1.54, 1.807) is 0 Å². The Hall–Kier alpha value is -2.21. The molecule has 0 fully saturated rings. The van der Waals surface area contributed by atoms with Crippen molar-refractivity contribution in [1.29, 1.82) is 0 Å². The van der Waals surface area contributed by atoms with Crippen LogP contribution in [0.4, 0.5) is 14.6 Å². The second-order valence-electron chi connectivity index (χ2n) is 5.31.